The molecule has 0 spiro atoms. The van der Waals surface area contributed by atoms with Gasteiger partial charge in [-0.2, -0.15) is 0 Å². The maximum atomic E-state index is 13.8. The number of carbonyl (C=O) groups is 1. The number of nitrogens with zero attached hydrogens (tertiary/aromatic N) is 3. The Bertz CT molecular complexity index is 1060. The standard InChI is InChI=1S/C27H34FN3O2/c1-5-24-15-23(22-8-9-25(28)18(2)14-22)7-6-19(3)31(24)17-26(32)30-12-10-21(11-13-30)27-29-16-20(4)33-27/h7-9,14-16,19,21H,5-6,10-13,17H2,1-4H3. The van der Waals surface area contributed by atoms with Gasteiger partial charge in [0.1, 0.15) is 11.6 Å². The molecule has 1 fully saturated rings. The van der Waals surface area contributed by atoms with Gasteiger partial charge in [-0.3, -0.25) is 4.79 Å². The summed E-state index contributed by atoms with van der Waals surface area (Å²) >= 11 is 0. The van der Waals surface area contributed by atoms with Crippen LogP contribution in [0.25, 0.3) is 5.57 Å². The Balaban J connectivity index is 1.43. The number of benzene rings is 1. The van der Waals surface area contributed by atoms with E-state index in [9.17, 15) is 9.18 Å². The van der Waals surface area contributed by atoms with Crippen molar-refractivity contribution in [3.8, 4) is 0 Å². The molecule has 2 aromatic rings. The molecule has 176 valence electrons. The SMILES string of the molecule is CCC1=CC(c2ccc(F)c(C)c2)=CCC(C)N1CC(=O)N1CCC(c2ncc(C)o2)CC1. The van der Waals surface area contributed by atoms with Crippen LogP contribution in [-0.4, -0.2) is 46.4 Å². The Morgan fingerprint density at radius 1 is 1.24 bits per heavy atom. The van der Waals surface area contributed by atoms with Crippen LogP contribution in [0.2, 0.25) is 0 Å². The normalized spacial score (nSPS) is 19.8. The van der Waals surface area contributed by atoms with Gasteiger partial charge in [0.2, 0.25) is 5.91 Å². The van der Waals surface area contributed by atoms with Crippen LogP contribution >= 0.6 is 0 Å². The highest BCUT2D eigenvalue weighted by atomic mass is 19.1. The minimum absolute atomic E-state index is 0.171. The molecule has 5 nitrogen and oxygen atoms in total. The maximum absolute atomic E-state index is 13.8. The summed E-state index contributed by atoms with van der Waals surface area (Å²) in [5, 5.41) is 0. The maximum Gasteiger partial charge on any atom is 0.242 e. The minimum Gasteiger partial charge on any atom is -0.446 e. The largest absolute Gasteiger partial charge is 0.446 e. The fraction of sp³-hybridized carbons (Fsp3) is 0.481. The molecular weight excluding hydrogens is 417 g/mol. The zero-order valence-corrected chi connectivity index (χ0v) is 20.1. The van der Waals surface area contributed by atoms with Gasteiger partial charge >= 0.3 is 0 Å². The molecule has 4 rings (SSSR count). The van der Waals surface area contributed by atoms with Crippen LogP contribution < -0.4 is 0 Å². The summed E-state index contributed by atoms with van der Waals surface area (Å²) in [5.41, 5.74) is 3.90. The molecule has 33 heavy (non-hydrogen) atoms. The molecule has 3 heterocycles. The number of aryl methyl sites for hydroxylation is 2. The molecule has 6 heteroatoms. The summed E-state index contributed by atoms with van der Waals surface area (Å²) in [6.07, 6.45) is 9.58. The molecule has 1 amide bonds. The highest BCUT2D eigenvalue weighted by molar-refractivity contribution is 5.79. The number of halogens is 1. The summed E-state index contributed by atoms with van der Waals surface area (Å²) in [6, 6.07) is 5.48. The lowest BCUT2D eigenvalue weighted by molar-refractivity contribution is -0.133. The van der Waals surface area contributed by atoms with Gasteiger partial charge in [-0.25, -0.2) is 9.37 Å². The van der Waals surface area contributed by atoms with Gasteiger partial charge in [0.05, 0.1) is 12.7 Å². The number of oxazole rings is 1. The van der Waals surface area contributed by atoms with Crippen LogP contribution in [-0.2, 0) is 4.79 Å². The number of carbonyl (C=O) groups excluding carboxylic acids is 1. The van der Waals surface area contributed by atoms with E-state index in [1.165, 1.54) is 6.07 Å². The monoisotopic (exact) mass is 451 g/mol. The Morgan fingerprint density at radius 3 is 2.64 bits per heavy atom. The molecule has 0 radical (unpaired) electrons. The van der Waals surface area contributed by atoms with Crippen molar-refractivity contribution in [3.05, 3.63) is 70.8 Å². The third kappa shape index (κ3) is 5.21. The smallest absolute Gasteiger partial charge is 0.242 e. The van der Waals surface area contributed by atoms with Crippen molar-refractivity contribution in [1.82, 2.24) is 14.8 Å². The number of allylic oxidation sites excluding steroid dienone is 3. The number of piperidine rings is 1. The van der Waals surface area contributed by atoms with Gasteiger partial charge in [-0.05, 0) is 81.4 Å². The van der Waals surface area contributed by atoms with Crippen molar-refractivity contribution in [1.29, 1.82) is 0 Å². The molecule has 0 N–H and O–H groups in total. The van der Waals surface area contributed by atoms with Gasteiger partial charge in [0.25, 0.3) is 0 Å². The molecule has 2 aliphatic rings. The van der Waals surface area contributed by atoms with Crippen molar-refractivity contribution in [2.75, 3.05) is 19.6 Å². The first-order valence-corrected chi connectivity index (χ1v) is 12.0. The molecule has 1 saturated heterocycles. The van der Waals surface area contributed by atoms with Crippen LogP contribution in [0.5, 0.6) is 0 Å². The van der Waals surface area contributed by atoms with Gasteiger partial charge in [-0.15, -0.1) is 0 Å². The lowest BCUT2D eigenvalue weighted by Crippen LogP contribution is -2.45. The molecule has 1 unspecified atom stereocenters. The molecule has 2 aliphatic heterocycles. The zero-order chi connectivity index (χ0) is 23.5. The topological polar surface area (TPSA) is 49.6 Å². The molecule has 1 atom stereocenters. The van der Waals surface area contributed by atoms with Crippen molar-refractivity contribution in [2.45, 2.75) is 65.3 Å². The van der Waals surface area contributed by atoms with Gasteiger partial charge in [0.15, 0.2) is 5.89 Å². The van der Waals surface area contributed by atoms with Crippen molar-refractivity contribution in [2.24, 2.45) is 0 Å². The second kappa shape index (κ2) is 9.94. The van der Waals surface area contributed by atoms with E-state index in [4.69, 9.17) is 4.42 Å². The lowest BCUT2D eigenvalue weighted by Gasteiger charge is -2.36. The van der Waals surface area contributed by atoms with Crippen molar-refractivity contribution in [3.63, 3.8) is 0 Å². The molecule has 1 aromatic carbocycles. The van der Waals surface area contributed by atoms with E-state index in [-0.39, 0.29) is 23.7 Å². The summed E-state index contributed by atoms with van der Waals surface area (Å²) in [5.74, 6) is 1.91. The number of hydrogen-bond acceptors (Lipinski definition) is 4. The van der Waals surface area contributed by atoms with E-state index >= 15 is 0 Å². The highest BCUT2D eigenvalue weighted by Crippen LogP contribution is 2.30. The van der Waals surface area contributed by atoms with Crippen LogP contribution in [0.3, 0.4) is 0 Å². The second-order valence-electron chi connectivity index (χ2n) is 9.29. The molecule has 0 saturated carbocycles. The van der Waals surface area contributed by atoms with Crippen molar-refractivity contribution < 1.29 is 13.6 Å². The van der Waals surface area contributed by atoms with Gasteiger partial charge in [-0.1, -0.05) is 19.1 Å². The lowest BCUT2D eigenvalue weighted by atomic mass is 9.96. The number of likely N-dealkylation sites (tertiary alicyclic amines) is 1. The number of hydrogen-bond donors (Lipinski definition) is 0. The predicted octanol–water partition coefficient (Wildman–Crippen LogP) is 5.61. The fourth-order valence-electron chi connectivity index (χ4n) is 4.80. The number of rotatable bonds is 5. The highest BCUT2D eigenvalue weighted by Gasteiger charge is 2.29. The minimum atomic E-state index is -0.185. The molecule has 0 aliphatic carbocycles. The first kappa shape index (κ1) is 23.3. The first-order chi connectivity index (χ1) is 15.9. The Hall–Kier alpha value is -2.89. The summed E-state index contributed by atoms with van der Waals surface area (Å²) in [6.45, 7) is 9.84. The Morgan fingerprint density at radius 2 is 2.00 bits per heavy atom. The van der Waals surface area contributed by atoms with E-state index in [0.717, 1.165) is 67.3 Å². The van der Waals surface area contributed by atoms with E-state index < -0.39 is 0 Å². The first-order valence-electron chi connectivity index (χ1n) is 12.0. The van der Waals surface area contributed by atoms with E-state index in [2.05, 4.69) is 35.9 Å². The van der Waals surface area contributed by atoms with Gasteiger partial charge < -0.3 is 14.2 Å². The van der Waals surface area contributed by atoms with E-state index in [0.29, 0.717) is 12.1 Å². The van der Waals surface area contributed by atoms with E-state index in [1.54, 1.807) is 13.1 Å². The summed E-state index contributed by atoms with van der Waals surface area (Å²) in [4.78, 5) is 21.8. The van der Waals surface area contributed by atoms with Crippen LogP contribution in [0.4, 0.5) is 4.39 Å². The average Bonchev–Trinajstić information content (AvgIpc) is 3.19. The molecular formula is C27H34FN3O2. The molecule has 1 aromatic heterocycles. The van der Waals surface area contributed by atoms with E-state index in [1.807, 2.05) is 24.0 Å². The Labute approximate surface area is 196 Å². The van der Waals surface area contributed by atoms with Crippen LogP contribution in [0.15, 0.2) is 46.7 Å². The van der Waals surface area contributed by atoms with Crippen molar-refractivity contribution >= 4 is 11.5 Å². The fourth-order valence-corrected chi connectivity index (χ4v) is 4.80. The van der Waals surface area contributed by atoms with Gasteiger partial charge in [0, 0.05) is 30.7 Å². The number of aromatic nitrogens is 1. The zero-order valence-electron chi connectivity index (χ0n) is 20.1. The molecule has 0 bridgehead atoms. The van der Waals surface area contributed by atoms with Crippen LogP contribution in [0.1, 0.15) is 68.2 Å². The quantitative estimate of drug-likeness (QED) is 0.593. The third-order valence-electron chi connectivity index (χ3n) is 6.90. The summed E-state index contributed by atoms with van der Waals surface area (Å²) in [7, 11) is 0. The predicted molar refractivity (Wildman–Crippen MR) is 128 cm³/mol. The Kier molecular flexibility index (Phi) is 7.01. The number of amides is 1. The second-order valence-corrected chi connectivity index (χ2v) is 9.29. The third-order valence-corrected chi connectivity index (χ3v) is 6.90. The summed E-state index contributed by atoms with van der Waals surface area (Å²) < 4.78 is 19.5. The van der Waals surface area contributed by atoms with Crippen LogP contribution in [0, 0.1) is 19.7 Å². The average molecular weight is 452 g/mol.